The molecule has 1 aromatic heterocycles. The monoisotopic (exact) mass is 262 g/mol. The Morgan fingerprint density at radius 1 is 1.47 bits per heavy atom. The van der Waals surface area contributed by atoms with E-state index in [0.717, 1.165) is 0 Å². The van der Waals surface area contributed by atoms with Crippen molar-refractivity contribution in [3.63, 3.8) is 0 Å². The predicted octanol–water partition coefficient (Wildman–Crippen LogP) is 1.39. The second kappa shape index (κ2) is 5.19. The SMILES string of the molecule is CNC(C)c1c(F)cccc1-n1ccc(C(N)=O)n1. The summed E-state index contributed by atoms with van der Waals surface area (Å²) >= 11 is 0. The first-order valence-electron chi connectivity index (χ1n) is 5.86. The minimum Gasteiger partial charge on any atom is -0.364 e. The van der Waals surface area contributed by atoms with Crippen LogP contribution in [0.1, 0.15) is 29.0 Å². The summed E-state index contributed by atoms with van der Waals surface area (Å²) in [5.74, 6) is -0.936. The molecule has 0 saturated heterocycles. The fourth-order valence-electron chi connectivity index (χ4n) is 1.89. The molecule has 5 nitrogen and oxygen atoms in total. The maximum absolute atomic E-state index is 14.0. The predicted molar refractivity (Wildman–Crippen MR) is 69.5 cm³/mol. The number of rotatable bonds is 4. The minimum atomic E-state index is -0.613. The molecule has 0 aliphatic rings. The van der Waals surface area contributed by atoms with Gasteiger partial charge in [-0.2, -0.15) is 5.10 Å². The van der Waals surface area contributed by atoms with E-state index in [1.54, 1.807) is 25.4 Å². The molecule has 6 heteroatoms. The highest BCUT2D eigenvalue weighted by atomic mass is 19.1. The number of amides is 1. The van der Waals surface area contributed by atoms with Crippen LogP contribution in [0.15, 0.2) is 30.5 Å². The first kappa shape index (κ1) is 13.2. The molecule has 0 radical (unpaired) electrons. The van der Waals surface area contributed by atoms with Crippen LogP contribution in [0.3, 0.4) is 0 Å². The van der Waals surface area contributed by atoms with Crippen LogP contribution in [0.5, 0.6) is 0 Å². The van der Waals surface area contributed by atoms with E-state index in [1.807, 2.05) is 6.92 Å². The lowest BCUT2D eigenvalue weighted by Gasteiger charge is -2.16. The molecule has 0 aliphatic heterocycles. The Hall–Kier alpha value is -2.21. The zero-order valence-electron chi connectivity index (χ0n) is 10.7. The van der Waals surface area contributed by atoms with Gasteiger partial charge in [0.1, 0.15) is 11.5 Å². The second-order valence-electron chi connectivity index (χ2n) is 4.19. The number of hydrogen-bond acceptors (Lipinski definition) is 3. The first-order chi connectivity index (χ1) is 9.04. The molecule has 1 heterocycles. The van der Waals surface area contributed by atoms with E-state index in [4.69, 9.17) is 5.73 Å². The number of carbonyl (C=O) groups is 1. The topological polar surface area (TPSA) is 72.9 Å². The van der Waals surface area contributed by atoms with E-state index in [0.29, 0.717) is 11.3 Å². The van der Waals surface area contributed by atoms with Gasteiger partial charge in [0, 0.05) is 17.8 Å². The molecular weight excluding hydrogens is 247 g/mol. The summed E-state index contributed by atoms with van der Waals surface area (Å²) in [6.45, 7) is 1.85. The van der Waals surface area contributed by atoms with Gasteiger partial charge in [0.2, 0.25) is 0 Å². The molecule has 0 bridgehead atoms. The Bertz CT molecular complexity index is 608. The summed E-state index contributed by atoms with van der Waals surface area (Å²) < 4.78 is 15.4. The summed E-state index contributed by atoms with van der Waals surface area (Å²) in [4.78, 5) is 11.0. The number of halogens is 1. The van der Waals surface area contributed by atoms with Crippen molar-refractivity contribution < 1.29 is 9.18 Å². The zero-order valence-corrected chi connectivity index (χ0v) is 10.7. The Morgan fingerprint density at radius 3 is 2.79 bits per heavy atom. The molecule has 1 amide bonds. The van der Waals surface area contributed by atoms with Gasteiger partial charge in [0.25, 0.3) is 5.91 Å². The van der Waals surface area contributed by atoms with Crippen LogP contribution in [-0.2, 0) is 0 Å². The van der Waals surface area contributed by atoms with Crippen molar-refractivity contribution in [2.24, 2.45) is 5.73 Å². The van der Waals surface area contributed by atoms with E-state index in [1.165, 1.54) is 16.8 Å². The molecule has 1 aromatic carbocycles. The Balaban J connectivity index is 2.54. The van der Waals surface area contributed by atoms with Crippen LogP contribution in [0.25, 0.3) is 5.69 Å². The number of nitrogens with zero attached hydrogens (tertiary/aromatic N) is 2. The Kier molecular flexibility index (Phi) is 3.62. The molecule has 1 unspecified atom stereocenters. The van der Waals surface area contributed by atoms with Gasteiger partial charge in [-0.1, -0.05) is 6.07 Å². The lowest BCUT2D eigenvalue weighted by molar-refractivity contribution is 0.0995. The number of nitrogens with two attached hydrogens (primary N) is 1. The molecule has 2 aromatic rings. The van der Waals surface area contributed by atoms with Gasteiger partial charge in [-0.15, -0.1) is 0 Å². The van der Waals surface area contributed by atoms with Gasteiger partial charge in [-0.3, -0.25) is 4.79 Å². The molecule has 2 rings (SSSR count). The lowest BCUT2D eigenvalue weighted by atomic mass is 10.1. The van der Waals surface area contributed by atoms with Crippen molar-refractivity contribution in [2.75, 3.05) is 7.05 Å². The lowest BCUT2D eigenvalue weighted by Crippen LogP contribution is -2.17. The molecule has 0 saturated carbocycles. The molecule has 0 spiro atoms. The minimum absolute atomic E-state index is 0.146. The van der Waals surface area contributed by atoms with Gasteiger partial charge in [0.05, 0.1) is 5.69 Å². The van der Waals surface area contributed by atoms with Gasteiger partial charge in [0.15, 0.2) is 0 Å². The smallest absolute Gasteiger partial charge is 0.269 e. The Labute approximate surface area is 110 Å². The van der Waals surface area contributed by atoms with Crippen LogP contribution >= 0.6 is 0 Å². The van der Waals surface area contributed by atoms with Crippen molar-refractivity contribution in [3.8, 4) is 5.69 Å². The average molecular weight is 262 g/mol. The average Bonchev–Trinajstić information content (AvgIpc) is 2.87. The van der Waals surface area contributed by atoms with Crippen molar-refractivity contribution >= 4 is 5.91 Å². The van der Waals surface area contributed by atoms with Crippen LogP contribution < -0.4 is 11.1 Å². The van der Waals surface area contributed by atoms with Crippen LogP contribution in [0.2, 0.25) is 0 Å². The summed E-state index contributed by atoms with van der Waals surface area (Å²) in [6, 6.07) is 6.05. The third-order valence-corrected chi connectivity index (χ3v) is 2.98. The van der Waals surface area contributed by atoms with E-state index in [2.05, 4.69) is 10.4 Å². The molecule has 3 N–H and O–H groups in total. The van der Waals surface area contributed by atoms with Crippen LogP contribution in [0.4, 0.5) is 4.39 Å². The number of aromatic nitrogens is 2. The van der Waals surface area contributed by atoms with Gasteiger partial charge in [-0.05, 0) is 32.2 Å². The largest absolute Gasteiger partial charge is 0.364 e. The van der Waals surface area contributed by atoms with Crippen molar-refractivity contribution in [3.05, 3.63) is 47.5 Å². The Morgan fingerprint density at radius 2 is 2.21 bits per heavy atom. The first-order valence-corrected chi connectivity index (χ1v) is 5.86. The standard InChI is InChI=1S/C13H15FN4O/c1-8(16-2)12-9(14)4-3-5-11(12)18-7-6-10(17-18)13(15)19/h3-8,16H,1-2H3,(H2,15,19). The van der Waals surface area contributed by atoms with Crippen molar-refractivity contribution in [1.82, 2.24) is 15.1 Å². The normalized spacial score (nSPS) is 12.4. The van der Waals surface area contributed by atoms with Crippen molar-refractivity contribution in [2.45, 2.75) is 13.0 Å². The molecule has 0 aliphatic carbocycles. The summed E-state index contributed by atoms with van der Waals surface area (Å²) in [7, 11) is 1.75. The third-order valence-electron chi connectivity index (χ3n) is 2.98. The molecule has 19 heavy (non-hydrogen) atoms. The fourth-order valence-corrected chi connectivity index (χ4v) is 1.89. The number of nitrogens with one attached hydrogen (secondary N) is 1. The third kappa shape index (κ3) is 2.48. The van der Waals surface area contributed by atoms with E-state index < -0.39 is 5.91 Å². The van der Waals surface area contributed by atoms with Gasteiger partial charge >= 0.3 is 0 Å². The van der Waals surface area contributed by atoms with E-state index in [9.17, 15) is 9.18 Å². The van der Waals surface area contributed by atoms with E-state index in [-0.39, 0.29) is 17.6 Å². The highest BCUT2D eigenvalue weighted by Gasteiger charge is 2.16. The summed E-state index contributed by atoms with van der Waals surface area (Å²) in [6.07, 6.45) is 1.58. The van der Waals surface area contributed by atoms with E-state index >= 15 is 0 Å². The number of primary amides is 1. The molecule has 100 valence electrons. The highest BCUT2D eigenvalue weighted by Crippen LogP contribution is 2.24. The number of hydrogen-bond donors (Lipinski definition) is 2. The zero-order chi connectivity index (χ0) is 14.0. The molecule has 1 atom stereocenters. The summed E-state index contributed by atoms with van der Waals surface area (Å²) in [5, 5.41) is 7.04. The second-order valence-corrected chi connectivity index (χ2v) is 4.19. The maximum atomic E-state index is 14.0. The number of carbonyl (C=O) groups excluding carboxylic acids is 1. The number of benzene rings is 1. The van der Waals surface area contributed by atoms with Crippen LogP contribution in [0, 0.1) is 5.82 Å². The highest BCUT2D eigenvalue weighted by molar-refractivity contribution is 5.90. The summed E-state index contributed by atoms with van der Waals surface area (Å²) in [5.41, 5.74) is 6.37. The van der Waals surface area contributed by atoms with Gasteiger partial charge < -0.3 is 11.1 Å². The van der Waals surface area contributed by atoms with Crippen molar-refractivity contribution in [1.29, 1.82) is 0 Å². The van der Waals surface area contributed by atoms with Crippen LogP contribution in [-0.4, -0.2) is 22.7 Å². The molecular formula is C13H15FN4O. The van der Waals surface area contributed by atoms with Gasteiger partial charge in [-0.25, -0.2) is 9.07 Å². The molecule has 0 fully saturated rings. The fraction of sp³-hybridized carbons (Fsp3) is 0.231. The maximum Gasteiger partial charge on any atom is 0.269 e. The quantitative estimate of drug-likeness (QED) is 0.874.